The Hall–Kier alpha value is -1.75. The molecule has 24 heavy (non-hydrogen) atoms. The van der Waals surface area contributed by atoms with Crippen LogP contribution in [0.5, 0.6) is 0 Å². The second-order valence-electron chi connectivity index (χ2n) is 4.54. The molecule has 0 aliphatic rings. The van der Waals surface area contributed by atoms with Gasteiger partial charge in [0.15, 0.2) is 5.13 Å². The average molecular weight is 444 g/mol. The van der Waals surface area contributed by atoms with E-state index in [0.29, 0.717) is 5.69 Å². The number of anilines is 2. The van der Waals surface area contributed by atoms with Crippen molar-refractivity contribution in [1.82, 2.24) is 4.98 Å². The van der Waals surface area contributed by atoms with Gasteiger partial charge in [0.1, 0.15) is 9.90 Å². The van der Waals surface area contributed by atoms with Crippen molar-refractivity contribution in [2.24, 2.45) is 0 Å². The molecule has 0 unspecified atom stereocenters. The summed E-state index contributed by atoms with van der Waals surface area (Å²) in [5.74, 6) is -0.411. The van der Waals surface area contributed by atoms with E-state index in [9.17, 15) is 13.2 Å². The molecule has 124 valence electrons. The Bertz CT molecular complexity index is 968. The second-order valence-corrected chi connectivity index (χ2v) is 9.17. The summed E-state index contributed by atoms with van der Waals surface area (Å²) in [6.07, 6.45) is 0. The number of carbonyl (C=O) groups excluding carboxylic acids is 1. The minimum absolute atomic E-state index is 0.141. The van der Waals surface area contributed by atoms with Crippen molar-refractivity contribution < 1.29 is 13.2 Å². The summed E-state index contributed by atoms with van der Waals surface area (Å²) in [6.45, 7) is 0. The number of benzene rings is 1. The Balaban J connectivity index is 1.72. The molecule has 1 aromatic carbocycles. The summed E-state index contributed by atoms with van der Waals surface area (Å²) in [5.41, 5.74) is 0.756. The lowest BCUT2D eigenvalue weighted by Crippen LogP contribution is -2.14. The smallest absolute Gasteiger partial charge is 0.275 e. The van der Waals surface area contributed by atoms with Crippen LogP contribution in [0.15, 0.2) is 55.8 Å². The molecule has 10 heteroatoms. The summed E-state index contributed by atoms with van der Waals surface area (Å²) in [5, 5.41) is 6.02. The van der Waals surface area contributed by atoms with Gasteiger partial charge in [-0.05, 0) is 29.6 Å². The van der Waals surface area contributed by atoms with E-state index in [1.54, 1.807) is 29.6 Å². The molecular formula is C14H10BrN3O3S3. The van der Waals surface area contributed by atoms with Crippen molar-refractivity contribution in [3.8, 4) is 0 Å². The molecule has 6 nitrogen and oxygen atoms in total. The maximum atomic E-state index is 12.2. The predicted molar refractivity (Wildman–Crippen MR) is 99.3 cm³/mol. The normalized spacial score (nSPS) is 11.2. The number of thiazole rings is 1. The molecule has 0 aliphatic carbocycles. The Labute approximate surface area is 154 Å². The fourth-order valence-electron chi connectivity index (χ4n) is 1.77. The number of thiophene rings is 1. The molecular weight excluding hydrogens is 434 g/mol. The van der Waals surface area contributed by atoms with E-state index >= 15 is 0 Å². The van der Waals surface area contributed by atoms with Crippen molar-refractivity contribution in [2.75, 3.05) is 10.0 Å². The highest BCUT2D eigenvalue weighted by Gasteiger charge is 2.18. The molecule has 3 rings (SSSR count). The Morgan fingerprint density at radius 2 is 2.00 bits per heavy atom. The highest BCUT2D eigenvalue weighted by Crippen LogP contribution is 2.23. The number of sulfonamides is 1. The van der Waals surface area contributed by atoms with Crippen LogP contribution in [-0.2, 0) is 10.0 Å². The van der Waals surface area contributed by atoms with Gasteiger partial charge in [-0.2, -0.15) is 0 Å². The van der Waals surface area contributed by atoms with E-state index in [1.807, 2.05) is 6.07 Å². The van der Waals surface area contributed by atoms with Gasteiger partial charge in [0, 0.05) is 15.5 Å². The molecule has 0 spiro atoms. The van der Waals surface area contributed by atoms with Crippen molar-refractivity contribution in [3.05, 3.63) is 57.3 Å². The molecule has 0 saturated heterocycles. The number of hydrogen-bond donors (Lipinski definition) is 2. The number of rotatable bonds is 5. The highest BCUT2D eigenvalue weighted by molar-refractivity contribution is 9.10. The van der Waals surface area contributed by atoms with Crippen LogP contribution < -0.4 is 10.0 Å². The molecule has 0 aliphatic heterocycles. The first-order valence-electron chi connectivity index (χ1n) is 6.53. The number of aromatic nitrogens is 1. The minimum Gasteiger partial charge on any atom is -0.321 e. The fraction of sp³-hybridized carbons (Fsp3) is 0. The molecule has 0 fully saturated rings. The monoisotopic (exact) mass is 443 g/mol. The molecule has 0 radical (unpaired) electrons. The first-order valence-corrected chi connectivity index (χ1v) is 10.6. The Morgan fingerprint density at radius 3 is 2.71 bits per heavy atom. The van der Waals surface area contributed by atoms with E-state index in [-0.39, 0.29) is 15.0 Å². The summed E-state index contributed by atoms with van der Waals surface area (Å²) in [7, 11) is -3.67. The Morgan fingerprint density at radius 1 is 1.17 bits per heavy atom. The van der Waals surface area contributed by atoms with E-state index in [1.165, 1.54) is 11.4 Å². The van der Waals surface area contributed by atoms with Gasteiger partial charge in [-0.1, -0.05) is 28.1 Å². The third-order valence-electron chi connectivity index (χ3n) is 2.80. The maximum Gasteiger partial charge on any atom is 0.275 e. The largest absolute Gasteiger partial charge is 0.321 e. The first kappa shape index (κ1) is 17.1. The number of carbonyl (C=O) groups is 1. The highest BCUT2D eigenvalue weighted by atomic mass is 79.9. The lowest BCUT2D eigenvalue weighted by Gasteiger charge is -2.03. The summed E-state index contributed by atoms with van der Waals surface area (Å²) >= 11 is 5.48. The van der Waals surface area contributed by atoms with Gasteiger partial charge in [-0.3, -0.25) is 9.52 Å². The molecule has 0 bridgehead atoms. The summed E-state index contributed by atoms with van der Waals surface area (Å²) < 4.78 is 27.7. The van der Waals surface area contributed by atoms with E-state index < -0.39 is 15.9 Å². The number of nitrogens with one attached hydrogen (secondary N) is 2. The molecule has 3 aromatic rings. The maximum absolute atomic E-state index is 12.2. The van der Waals surface area contributed by atoms with Gasteiger partial charge < -0.3 is 5.32 Å². The molecule has 2 heterocycles. The molecule has 1 amide bonds. The van der Waals surface area contributed by atoms with Gasteiger partial charge in [0.25, 0.3) is 15.9 Å². The number of halogens is 1. The minimum atomic E-state index is -3.67. The fourth-order valence-corrected chi connectivity index (χ4v) is 5.10. The molecule has 0 atom stereocenters. The number of nitrogens with zero attached hydrogens (tertiary/aromatic N) is 1. The molecule has 2 aromatic heterocycles. The zero-order valence-corrected chi connectivity index (χ0v) is 15.9. The van der Waals surface area contributed by atoms with Gasteiger partial charge in [-0.25, -0.2) is 13.4 Å². The van der Waals surface area contributed by atoms with Gasteiger partial charge in [0.2, 0.25) is 0 Å². The third-order valence-corrected chi connectivity index (χ3v) is 6.92. The van der Waals surface area contributed by atoms with Crippen molar-refractivity contribution >= 4 is 65.4 Å². The van der Waals surface area contributed by atoms with Crippen LogP contribution in [0.1, 0.15) is 10.5 Å². The topological polar surface area (TPSA) is 88.2 Å². The van der Waals surface area contributed by atoms with E-state index in [2.05, 4.69) is 31.0 Å². The summed E-state index contributed by atoms with van der Waals surface area (Å²) in [4.78, 5) is 16.2. The Kier molecular flexibility index (Phi) is 4.99. The van der Waals surface area contributed by atoms with Crippen LogP contribution in [0, 0.1) is 0 Å². The van der Waals surface area contributed by atoms with Gasteiger partial charge in [0.05, 0.1) is 0 Å². The SMILES string of the molecule is O=C(Nc1cccc(Br)c1)c1csc(NS(=O)(=O)c2cccs2)n1. The molecule has 0 saturated carbocycles. The van der Waals surface area contributed by atoms with Crippen LogP contribution in [0.4, 0.5) is 10.8 Å². The quantitative estimate of drug-likeness (QED) is 0.622. The standard InChI is InChI=1S/C14H10BrN3O3S3/c15-9-3-1-4-10(7-9)16-13(19)11-8-23-14(17-11)18-24(20,21)12-5-2-6-22-12/h1-8H,(H,16,19)(H,17,18). The van der Waals surface area contributed by atoms with Crippen molar-refractivity contribution in [1.29, 1.82) is 0 Å². The van der Waals surface area contributed by atoms with Gasteiger partial charge in [-0.15, -0.1) is 22.7 Å². The lowest BCUT2D eigenvalue weighted by atomic mass is 10.3. The number of amides is 1. The van der Waals surface area contributed by atoms with Crippen LogP contribution in [0.3, 0.4) is 0 Å². The second kappa shape index (κ2) is 7.01. The zero-order valence-electron chi connectivity index (χ0n) is 11.9. The lowest BCUT2D eigenvalue weighted by molar-refractivity contribution is 0.102. The van der Waals surface area contributed by atoms with Crippen molar-refractivity contribution in [3.63, 3.8) is 0 Å². The third kappa shape index (κ3) is 4.01. The predicted octanol–water partition coefficient (Wildman–Crippen LogP) is 4.02. The van der Waals surface area contributed by atoms with E-state index in [4.69, 9.17) is 0 Å². The average Bonchev–Trinajstić information content (AvgIpc) is 3.18. The molecule has 2 N–H and O–H groups in total. The van der Waals surface area contributed by atoms with E-state index in [0.717, 1.165) is 27.1 Å². The summed E-state index contributed by atoms with van der Waals surface area (Å²) in [6, 6.07) is 10.3. The first-order chi connectivity index (χ1) is 11.4. The number of hydrogen-bond acceptors (Lipinski definition) is 6. The van der Waals surface area contributed by atoms with Crippen LogP contribution >= 0.6 is 38.6 Å². The van der Waals surface area contributed by atoms with Gasteiger partial charge >= 0.3 is 0 Å². The van der Waals surface area contributed by atoms with Crippen LogP contribution in [0.25, 0.3) is 0 Å². The zero-order chi connectivity index (χ0) is 17.2. The van der Waals surface area contributed by atoms with Crippen LogP contribution in [0.2, 0.25) is 0 Å². The van der Waals surface area contributed by atoms with Crippen molar-refractivity contribution in [2.45, 2.75) is 4.21 Å². The van der Waals surface area contributed by atoms with Crippen LogP contribution in [-0.4, -0.2) is 19.3 Å².